The molecule has 0 aromatic rings. The molecule has 0 aromatic carbocycles. The molecule has 0 bridgehead atoms. The van der Waals surface area contributed by atoms with Crippen LogP contribution in [0.15, 0.2) is 24.3 Å². The van der Waals surface area contributed by atoms with Gasteiger partial charge in [-0.05, 0) is 18.8 Å². The number of allylic oxidation sites excluding steroid dienone is 3. The van der Waals surface area contributed by atoms with E-state index in [9.17, 15) is 4.79 Å². The minimum atomic E-state index is -0.372. The SMILES string of the molecule is CC/C=C\C=C\CNC(=O)[C@@H](N)CCCC(C)C. The fourth-order valence-corrected chi connectivity index (χ4v) is 1.53. The Morgan fingerprint density at radius 1 is 1.22 bits per heavy atom. The molecule has 18 heavy (non-hydrogen) atoms. The molecule has 0 saturated carbocycles. The van der Waals surface area contributed by atoms with Crippen molar-refractivity contribution < 1.29 is 4.79 Å². The highest BCUT2D eigenvalue weighted by Gasteiger charge is 2.11. The fraction of sp³-hybridized carbons (Fsp3) is 0.667. The number of hydrogen-bond donors (Lipinski definition) is 2. The first-order valence-corrected chi connectivity index (χ1v) is 6.92. The van der Waals surface area contributed by atoms with Crippen molar-refractivity contribution in [3.8, 4) is 0 Å². The molecule has 0 aromatic heterocycles. The van der Waals surface area contributed by atoms with Crippen molar-refractivity contribution in [2.45, 2.75) is 52.5 Å². The van der Waals surface area contributed by atoms with Crippen molar-refractivity contribution >= 4 is 5.91 Å². The molecule has 3 N–H and O–H groups in total. The summed E-state index contributed by atoms with van der Waals surface area (Å²) in [5, 5.41) is 2.81. The van der Waals surface area contributed by atoms with Gasteiger partial charge < -0.3 is 11.1 Å². The van der Waals surface area contributed by atoms with Gasteiger partial charge in [-0.15, -0.1) is 0 Å². The Labute approximate surface area is 112 Å². The Hall–Kier alpha value is -1.09. The lowest BCUT2D eigenvalue weighted by Crippen LogP contribution is -2.40. The van der Waals surface area contributed by atoms with Gasteiger partial charge >= 0.3 is 0 Å². The van der Waals surface area contributed by atoms with Crippen LogP contribution in [-0.4, -0.2) is 18.5 Å². The van der Waals surface area contributed by atoms with Gasteiger partial charge in [0.05, 0.1) is 6.04 Å². The first kappa shape index (κ1) is 16.9. The Kier molecular flexibility index (Phi) is 10.4. The molecule has 3 nitrogen and oxygen atoms in total. The van der Waals surface area contributed by atoms with Crippen LogP contribution in [0.4, 0.5) is 0 Å². The van der Waals surface area contributed by atoms with Crippen molar-refractivity contribution in [3.05, 3.63) is 24.3 Å². The van der Waals surface area contributed by atoms with Crippen LogP contribution in [0.2, 0.25) is 0 Å². The molecule has 0 spiro atoms. The normalized spacial score (nSPS) is 13.6. The van der Waals surface area contributed by atoms with Gasteiger partial charge in [0.15, 0.2) is 0 Å². The number of carbonyl (C=O) groups excluding carboxylic acids is 1. The number of amides is 1. The summed E-state index contributed by atoms with van der Waals surface area (Å²) >= 11 is 0. The molecular formula is C15H28N2O. The summed E-state index contributed by atoms with van der Waals surface area (Å²) in [6.07, 6.45) is 11.8. The maximum Gasteiger partial charge on any atom is 0.237 e. The van der Waals surface area contributed by atoms with Gasteiger partial charge in [0.2, 0.25) is 5.91 Å². The summed E-state index contributed by atoms with van der Waals surface area (Å²) in [5.74, 6) is 0.622. The van der Waals surface area contributed by atoms with Crippen molar-refractivity contribution in [2.75, 3.05) is 6.54 Å². The third-order valence-corrected chi connectivity index (χ3v) is 2.65. The van der Waals surface area contributed by atoms with Gasteiger partial charge in [-0.3, -0.25) is 4.79 Å². The lowest BCUT2D eigenvalue weighted by Gasteiger charge is -2.11. The number of nitrogens with two attached hydrogens (primary N) is 1. The highest BCUT2D eigenvalue weighted by atomic mass is 16.2. The minimum absolute atomic E-state index is 0.0529. The van der Waals surface area contributed by atoms with Gasteiger partial charge in [-0.1, -0.05) is 57.9 Å². The average molecular weight is 252 g/mol. The monoisotopic (exact) mass is 252 g/mol. The van der Waals surface area contributed by atoms with E-state index in [1.54, 1.807) is 0 Å². The second kappa shape index (κ2) is 11.0. The molecule has 0 aliphatic rings. The standard InChI is InChI=1S/C15H28N2O/c1-4-5-6-7-8-12-17-15(18)14(16)11-9-10-13(2)3/h5-8,13-14H,4,9-12,16H2,1-3H3,(H,17,18)/b6-5-,8-7+/t14-/m0/s1. The van der Waals surface area contributed by atoms with E-state index >= 15 is 0 Å². The zero-order valence-electron chi connectivity index (χ0n) is 12.0. The Morgan fingerprint density at radius 3 is 2.50 bits per heavy atom. The molecule has 3 heteroatoms. The number of rotatable bonds is 9. The molecular weight excluding hydrogens is 224 g/mol. The molecule has 0 radical (unpaired) electrons. The maximum absolute atomic E-state index is 11.6. The fourth-order valence-electron chi connectivity index (χ4n) is 1.53. The van der Waals surface area contributed by atoms with E-state index in [1.807, 2.05) is 18.2 Å². The molecule has 0 unspecified atom stereocenters. The van der Waals surface area contributed by atoms with E-state index in [2.05, 4.69) is 32.2 Å². The van der Waals surface area contributed by atoms with Crippen LogP contribution >= 0.6 is 0 Å². The second-order valence-electron chi connectivity index (χ2n) is 4.94. The van der Waals surface area contributed by atoms with E-state index < -0.39 is 0 Å². The highest BCUT2D eigenvalue weighted by molar-refractivity contribution is 5.81. The summed E-state index contributed by atoms with van der Waals surface area (Å²) < 4.78 is 0. The average Bonchev–Trinajstić information content (AvgIpc) is 2.32. The van der Waals surface area contributed by atoms with Crippen molar-refractivity contribution in [1.82, 2.24) is 5.32 Å². The molecule has 0 rings (SSSR count). The van der Waals surface area contributed by atoms with Gasteiger partial charge in [0, 0.05) is 6.54 Å². The van der Waals surface area contributed by atoms with Crippen molar-refractivity contribution in [3.63, 3.8) is 0 Å². The van der Waals surface area contributed by atoms with Crippen LogP contribution in [0.3, 0.4) is 0 Å². The van der Waals surface area contributed by atoms with E-state index in [1.165, 1.54) is 0 Å². The largest absolute Gasteiger partial charge is 0.351 e. The molecule has 0 saturated heterocycles. The molecule has 0 heterocycles. The van der Waals surface area contributed by atoms with E-state index in [0.29, 0.717) is 12.5 Å². The third-order valence-electron chi connectivity index (χ3n) is 2.65. The topological polar surface area (TPSA) is 55.1 Å². The van der Waals surface area contributed by atoms with Crippen LogP contribution in [-0.2, 0) is 4.79 Å². The summed E-state index contributed by atoms with van der Waals surface area (Å²) in [6.45, 7) is 6.99. The zero-order valence-corrected chi connectivity index (χ0v) is 12.0. The van der Waals surface area contributed by atoms with Crippen LogP contribution in [0, 0.1) is 5.92 Å². The minimum Gasteiger partial charge on any atom is -0.351 e. The molecule has 0 aliphatic carbocycles. The Morgan fingerprint density at radius 2 is 1.89 bits per heavy atom. The van der Waals surface area contributed by atoms with Crippen molar-refractivity contribution in [2.24, 2.45) is 11.7 Å². The maximum atomic E-state index is 11.6. The third kappa shape index (κ3) is 10.1. The van der Waals surface area contributed by atoms with E-state index in [-0.39, 0.29) is 11.9 Å². The molecule has 0 aliphatic heterocycles. The smallest absolute Gasteiger partial charge is 0.237 e. The first-order chi connectivity index (χ1) is 8.57. The Balaban J connectivity index is 3.67. The number of nitrogens with one attached hydrogen (secondary N) is 1. The summed E-state index contributed by atoms with van der Waals surface area (Å²) in [7, 11) is 0. The van der Waals surface area contributed by atoms with Crippen LogP contribution in [0.5, 0.6) is 0 Å². The Bertz CT molecular complexity index is 270. The van der Waals surface area contributed by atoms with Gasteiger partial charge in [-0.2, -0.15) is 0 Å². The molecule has 0 fully saturated rings. The molecule has 104 valence electrons. The van der Waals surface area contributed by atoms with Crippen molar-refractivity contribution in [1.29, 1.82) is 0 Å². The van der Waals surface area contributed by atoms with Crippen LogP contribution in [0.25, 0.3) is 0 Å². The van der Waals surface area contributed by atoms with Crippen LogP contribution in [0.1, 0.15) is 46.5 Å². The van der Waals surface area contributed by atoms with Gasteiger partial charge in [-0.25, -0.2) is 0 Å². The highest BCUT2D eigenvalue weighted by Crippen LogP contribution is 2.07. The zero-order chi connectivity index (χ0) is 13.8. The van der Waals surface area contributed by atoms with Gasteiger partial charge in [0.1, 0.15) is 0 Å². The second-order valence-corrected chi connectivity index (χ2v) is 4.94. The summed E-state index contributed by atoms with van der Waals surface area (Å²) in [6, 6.07) is -0.372. The lowest BCUT2D eigenvalue weighted by molar-refractivity contribution is -0.122. The van der Waals surface area contributed by atoms with Gasteiger partial charge in [0.25, 0.3) is 0 Å². The van der Waals surface area contributed by atoms with E-state index in [0.717, 1.165) is 25.7 Å². The predicted octanol–water partition coefficient (Wildman–Crippen LogP) is 2.78. The predicted molar refractivity (Wildman–Crippen MR) is 78.2 cm³/mol. The van der Waals surface area contributed by atoms with E-state index in [4.69, 9.17) is 5.73 Å². The van der Waals surface area contributed by atoms with Crippen LogP contribution < -0.4 is 11.1 Å². The quantitative estimate of drug-likeness (QED) is 0.620. The first-order valence-electron chi connectivity index (χ1n) is 6.92. The summed E-state index contributed by atoms with van der Waals surface area (Å²) in [5.41, 5.74) is 5.82. The molecule has 1 atom stereocenters. The number of carbonyl (C=O) groups is 1. The number of hydrogen-bond acceptors (Lipinski definition) is 2. The molecule has 1 amide bonds. The summed E-state index contributed by atoms with van der Waals surface area (Å²) in [4.78, 5) is 11.6. The lowest BCUT2D eigenvalue weighted by atomic mass is 10.0.